The van der Waals surface area contributed by atoms with Crippen molar-refractivity contribution in [3.63, 3.8) is 0 Å². The van der Waals surface area contributed by atoms with Gasteiger partial charge in [0, 0.05) is 4.47 Å². The van der Waals surface area contributed by atoms with Gasteiger partial charge in [0.05, 0.1) is 17.9 Å². The lowest BCUT2D eigenvalue weighted by Gasteiger charge is -2.07. The Morgan fingerprint density at radius 3 is 2.68 bits per heavy atom. The number of benzene rings is 2. The van der Waals surface area contributed by atoms with Crippen LogP contribution in [-0.2, 0) is 0 Å². The molecule has 3 aromatic rings. The van der Waals surface area contributed by atoms with E-state index < -0.39 is 0 Å². The predicted molar refractivity (Wildman–Crippen MR) is 79.0 cm³/mol. The molecular formula is C15H11BrO3. The number of fused-ring (bicyclic) bond motifs is 2. The van der Waals surface area contributed by atoms with Crippen LogP contribution in [0.3, 0.4) is 0 Å². The largest absolute Gasteiger partial charge is 0.493 e. The molecule has 0 N–H and O–H groups in total. The van der Waals surface area contributed by atoms with Gasteiger partial charge in [-0.05, 0) is 42.8 Å². The second kappa shape index (κ2) is 4.38. The Balaban J connectivity index is 2.57. The Morgan fingerprint density at radius 1 is 1.16 bits per heavy atom. The first-order chi connectivity index (χ1) is 9.10. The van der Waals surface area contributed by atoms with E-state index in [2.05, 4.69) is 15.9 Å². The van der Waals surface area contributed by atoms with Crippen LogP contribution in [0.25, 0.3) is 21.9 Å². The smallest absolute Gasteiger partial charge is 0.200 e. The highest BCUT2D eigenvalue weighted by Crippen LogP contribution is 2.29. The predicted octanol–water partition coefficient (Wildman–Crippen LogP) is 4.03. The molecule has 19 heavy (non-hydrogen) atoms. The highest BCUT2D eigenvalue weighted by Gasteiger charge is 2.12. The van der Waals surface area contributed by atoms with Crippen molar-refractivity contribution in [3.05, 3.63) is 50.6 Å². The minimum Gasteiger partial charge on any atom is -0.493 e. The summed E-state index contributed by atoms with van der Waals surface area (Å²) in [6, 6.07) is 9.06. The molecule has 1 aromatic heterocycles. The molecule has 0 atom stereocenters. The average Bonchev–Trinajstić information content (AvgIpc) is 2.39. The number of aryl methyl sites for hydroxylation is 1. The van der Waals surface area contributed by atoms with Crippen LogP contribution in [0.15, 0.2) is 44.0 Å². The molecule has 0 bridgehead atoms. The molecule has 1 heterocycles. The van der Waals surface area contributed by atoms with E-state index in [1.807, 2.05) is 25.1 Å². The lowest BCUT2D eigenvalue weighted by Crippen LogP contribution is -2.03. The van der Waals surface area contributed by atoms with E-state index in [4.69, 9.17) is 9.15 Å². The van der Waals surface area contributed by atoms with Crippen LogP contribution in [0.2, 0.25) is 0 Å². The van der Waals surface area contributed by atoms with E-state index in [0.29, 0.717) is 27.7 Å². The van der Waals surface area contributed by atoms with Gasteiger partial charge in [0.15, 0.2) is 11.3 Å². The van der Waals surface area contributed by atoms with E-state index in [1.165, 1.54) is 0 Å². The first-order valence-electron chi connectivity index (χ1n) is 5.81. The number of hydrogen-bond acceptors (Lipinski definition) is 3. The van der Waals surface area contributed by atoms with Crippen LogP contribution in [0.1, 0.15) is 5.56 Å². The first kappa shape index (κ1) is 12.2. The normalized spacial score (nSPS) is 11.1. The lowest BCUT2D eigenvalue weighted by atomic mass is 10.1. The zero-order chi connectivity index (χ0) is 13.6. The van der Waals surface area contributed by atoms with Gasteiger partial charge >= 0.3 is 0 Å². The Bertz CT molecular complexity index is 849. The van der Waals surface area contributed by atoms with Gasteiger partial charge in [0.25, 0.3) is 0 Å². The molecule has 0 aliphatic carbocycles. The Morgan fingerprint density at radius 2 is 1.95 bits per heavy atom. The maximum atomic E-state index is 12.5. The van der Waals surface area contributed by atoms with Crippen molar-refractivity contribution >= 4 is 37.9 Å². The fourth-order valence-corrected chi connectivity index (χ4v) is 2.53. The van der Waals surface area contributed by atoms with Gasteiger partial charge in [-0.1, -0.05) is 15.9 Å². The second-order valence-electron chi connectivity index (χ2n) is 4.42. The van der Waals surface area contributed by atoms with Gasteiger partial charge in [-0.2, -0.15) is 0 Å². The summed E-state index contributed by atoms with van der Waals surface area (Å²) in [4.78, 5) is 12.5. The average molecular weight is 319 g/mol. The molecule has 3 nitrogen and oxygen atoms in total. The molecule has 0 unspecified atom stereocenters. The third-order valence-electron chi connectivity index (χ3n) is 3.06. The third-order valence-corrected chi connectivity index (χ3v) is 3.56. The maximum Gasteiger partial charge on any atom is 0.200 e. The van der Waals surface area contributed by atoms with Gasteiger partial charge in [-0.15, -0.1) is 0 Å². The summed E-state index contributed by atoms with van der Waals surface area (Å²) in [5.74, 6) is 0.578. The monoisotopic (exact) mass is 318 g/mol. The van der Waals surface area contributed by atoms with Crippen molar-refractivity contribution in [2.75, 3.05) is 7.11 Å². The summed E-state index contributed by atoms with van der Waals surface area (Å²) in [7, 11) is 1.57. The molecule has 2 aromatic carbocycles. The van der Waals surface area contributed by atoms with Gasteiger partial charge in [-0.25, -0.2) is 0 Å². The van der Waals surface area contributed by atoms with Crippen LogP contribution in [0.4, 0.5) is 0 Å². The van der Waals surface area contributed by atoms with E-state index in [0.717, 1.165) is 10.0 Å². The van der Waals surface area contributed by atoms with Crippen LogP contribution in [0.5, 0.6) is 5.75 Å². The zero-order valence-corrected chi connectivity index (χ0v) is 12.1. The summed E-state index contributed by atoms with van der Waals surface area (Å²) in [5, 5.41) is 1.12. The van der Waals surface area contributed by atoms with Crippen molar-refractivity contribution < 1.29 is 9.15 Å². The molecule has 0 radical (unpaired) electrons. The van der Waals surface area contributed by atoms with Gasteiger partial charge in [0.1, 0.15) is 5.58 Å². The molecule has 0 amide bonds. The topological polar surface area (TPSA) is 39.4 Å². The fourth-order valence-electron chi connectivity index (χ4n) is 2.19. The van der Waals surface area contributed by atoms with Gasteiger partial charge in [0.2, 0.25) is 5.43 Å². The molecule has 96 valence electrons. The van der Waals surface area contributed by atoms with E-state index in [9.17, 15) is 4.79 Å². The number of hydrogen-bond donors (Lipinski definition) is 0. The number of ether oxygens (including phenoxy) is 1. The summed E-state index contributed by atoms with van der Waals surface area (Å²) in [6.07, 6.45) is 0. The molecule has 0 spiro atoms. The molecule has 0 saturated heterocycles. The molecule has 0 aliphatic heterocycles. The molecule has 0 aliphatic rings. The second-order valence-corrected chi connectivity index (χ2v) is 5.33. The lowest BCUT2D eigenvalue weighted by molar-refractivity contribution is 0.411. The zero-order valence-electron chi connectivity index (χ0n) is 10.5. The van der Waals surface area contributed by atoms with Crippen molar-refractivity contribution in [2.24, 2.45) is 0 Å². The Hall–Kier alpha value is -1.81. The molecule has 0 fully saturated rings. The van der Waals surface area contributed by atoms with Crippen LogP contribution >= 0.6 is 15.9 Å². The van der Waals surface area contributed by atoms with Gasteiger partial charge < -0.3 is 9.15 Å². The number of methoxy groups -OCH3 is 1. The van der Waals surface area contributed by atoms with Crippen LogP contribution in [0, 0.1) is 6.92 Å². The summed E-state index contributed by atoms with van der Waals surface area (Å²) in [5.41, 5.74) is 1.97. The van der Waals surface area contributed by atoms with Crippen molar-refractivity contribution in [1.29, 1.82) is 0 Å². The number of halogens is 1. The highest BCUT2D eigenvalue weighted by atomic mass is 79.9. The highest BCUT2D eigenvalue weighted by molar-refractivity contribution is 9.10. The fraction of sp³-hybridized carbons (Fsp3) is 0.133. The SMILES string of the molecule is COc1cc(C)cc2c(=O)c3ccc(Br)cc3oc12. The maximum absolute atomic E-state index is 12.5. The number of rotatable bonds is 1. The molecular weight excluding hydrogens is 308 g/mol. The quantitative estimate of drug-likeness (QED) is 0.636. The Kier molecular flexibility index (Phi) is 2.82. The van der Waals surface area contributed by atoms with E-state index in [1.54, 1.807) is 19.2 Å². The summed E-state index contributed by atoms with van der Waals surface area (Å²) in [6.45, 7) is 1.92. The first-order valence-corrected chi connectivity index (χ1v) is 6.60. The van der Waals surface area contributed by atoms with Crippen molar-refractivity contribution in [1.82, 2.24) is 0 Å². The van der Waals surface area contributed by atoms with E-state index >= 15 is 0 Å². The molecule has 0 saturated carbocycles. The summed E-state index contributed by atoms with van der Waals surface area (Å²) < 4.78 is 12.0. The van der Waals surface area contributed by atoms with Crippen molar-refractivity contribution in [2.45, 2.75) is 6.92 Å². The van der Waals surface area contributed by atoms with Crippen molar-refractivity contribution in [3.8, 4) is 5.75 Å². The molecule has 3 rings (SSSR count). The minimum absolute atomic E-state index is 0.0363. The van der Waals surface area contributed by atoms with E-state index in [-0.39, 0.29) is 5.43 Å². The van der Waals surface area contributed by atoms with Gasteiger partial charge in [-0.3, -0.25) is 4.79 Å². The van der Waals surface area contributed by atoms with Crippen LogP contribution < -0.4 is 10.2 Å². The third kappa shape index (κ3) is 1.92. The van der Waals surface area contributed by atoms with Crippen LogP contribution in [-0.4, -0.2) is 7.11 Å². The minimum atomic E-state index is -0.0363. The Labute approximate surface area is 117 Å². The summed E-state index contributed by atoms with van der Waals surface area (Å²) >= 11 is 3.37. The standard InChI is InChI=1S/C15H11BrO3/c1-8-5-11-14(17)10-4-3-9(16)7-12(10)19-15(11)13(6-8)18-2/h3-7H,1-2H3. The molecule has 4 heteroatoms.